The Hall–Kier alpha value is -0.282. The van der Waals surface area contributed by atoms with Crippen LogP contribution in [0.15, 0.2) is 41.8 Å². The SMILES string of the molecule is C#C[As](Cl)(c1ccccc1)C1C=CSC(C)(C)C1. The zero-order valence-corrected chi connectivity index (χ0v) is 14.1. The molecule has 0 saturated carbocycles. The molecule has 0 N–H and O–H groups in total. The van der Waals surface area contributed by atoms with E-state index in [-0.39, 0.29) is 4.75 Å². The molecule has 2 atom stereocenters. The van der Waals surface area contributed by atoms with Gasteiger partial charge in [0.25, 0.3) is 0 Å². The first kappa shape index (κ1) is 14.1. The second-order valence-corrected chi connectivity index (χ2v) is 15.2. The molecule has 0 aromatic heterocycles. The number of allylic oxidation sites excluding steroid dienone is 1. The van der Waals surface area contributed by atoms with Crippen LogP contribution in [0.4, 0.5) is 0 Å². The summed E-state index contributed by atoms with van der Waals surface area (Å²) >= 11 is -0.913. The molecule has 1 radical (unpaired) electrons. The van der Waals surface area contributed by atoms with E-state index in [2.05, 4.69) is 42.2 Å². The summed E-state index contributed by atoms with van der Waals surface area (Å²) in [4.78, 5) is 0. The summed E-state index contributed by atoms with van der Waals surface area (Å²) < 4.78 is 4.73. The van der Waals surface area contributed by atoms with Crippen molar-refractivity contribution >= 4 is 38.7 Å². The van der Waals surface area contributed by atoms with E-state index in [1.54, 1.807) is 0 Å². The zero-order valence-electron chi connectivity index (χ0n) is 10.6. The summed E-state index contributed by atoms with van der Waals surface area (Å²) in [5.74, 6) is 0. The van der Waals surface area contributed by atoms with Gasteiger partial charge in [-0.25, -0.2) is 0 Å². The number of hydrogen-bond donors (Lipinski definition) is 0. The predicted octanol–water partition coefficient (Wildman–Crippen LogP) is 4.05. The molecule has 1 aromatic rings. The van der Waals surface area contributed by atoms with Crippen LogP contribution in [0, 0.1) is 11.1 Å². The van der Waals surface area contributed by atoms with Gasteiger partial charge in [0.15, 0.2) is 0 Å². The average molecular weight is 340 g/mol. The van der Waals surface area contributed by atoms with Crippen molar-refractivity contribution in [3.8, 4) is 11.1 Å². The van der Waals surface area contributed by atoms with Crippen LogP contribution in [0.1, 0.15) is 20.3 Å². The number of rotatable bonds is 2. The molecule has 0 aliphatic carbocycles. The van der Waals surface area contributed by atoms with Crippen molar-refractivity contribution < 1.29 is 0 Å². The van der Waals surface area contributed by atoms with Gasteiger partial charge in [0.05, 0.1) is 0 Å². The molecule has 0 amide bonds. The quantitative estimate of drug-likeness (QED) is 0.578. The van der Waals surface area contributed by atoms with Crippen LogP contribution in [0.25, 0.3) is 0 Å². The Bertz CT molecular complexity index is 489. The fourth-order valence-corrected chi connectivity index (χ4v) is 9.86. The fourth-order valence-electron chi connectivity index (χ4n) is 2.19. The molecule has 2 unspecified atom stereocenters. The summed E-state index contributed by atoms with van der Waals surface area (Å²) in [7, 11) is 6.93. The summed E-state index contributed by atoms with van der Waals surface area (Å²) in [6, 6.07) is 10.2. The third-order valence-electron chi connectivity index (χ3n) is 3.17. The van der Waals surface area contributed by atoms with Gasteiger partial charge in [0, 0.05) is 0 Å². The molecule has 0 spiro atoms. The van der Waals surface area contributed by atoms with Crippen molar-refractivity contribution in [2.45, 2.75) is 29.7 Å². The maximum atomic E-state index is 6.93. The van der Waals surface area contributed by atoms with Gasteiger partial charge in [0.2, 0.25) is 0 Å². The molecule has 1 heterocycles. The second-order valence-electron chi connectivity index (χ2n) is 5.08. The first-order chi connectivity index (χ1) is 8.48. The van der Waals surface area contributed by atoms with Crippen LogP contribution in [-0.2, 0) is 0 Å². The Morgan fingerprint density at radius 3 is 2.61 bits per heavy atom. The van der Waals surface area contributed by atoms with E-state index in [4.69, 9.17) is 16.4 Å². The van der Waals surface area contributed by atoms with E-state index in [9.17, 15) is 0 Å². The molecule has 1 aliphatic rings. The molecule has 0 saturated heterocycles. The second kappa shape index (κ2) is 5.38. The summed E-state index contributed by atoms with van der Waals surface area (Å²) in [6.07, 6.45) is 9.10. The summed E-state index contributed by atoms with van der Waals surface area (Å²) in [5, 5.41) is 2.17. The van der Waals surface area contributed by atoms with Crippen LogP contribution in [-0.4, -0.2) is 17.4 Å². The van der Waals surface area contributed by atoms with E-state index in [1.807, 2.05) is 30.0 Å². The first-order valence-electron chi connectivity index (χ1n) is 5.94. The monoisotopic (exact) mass is 339 g/mol. The van der Waals surface area contributed by atoms with Gasteiger partial charge < -0.3 is 0 Å². The molecule has 1 aromatic carbocycles. The normalized spacial score (nSPS) is 25.1. The average Bonchev–Trinajstić information content (AvgIpc) is 2.37. The molecule has 18 heavy (non-hydrogen) atoms. The van der Waals surface area contributed by atoms with Crippen LogP contribution < -0.4 is 4.35 Å². The van der Waals surface area contributed by atoms with Crippen molar-refractivity contribution in [3.63, 3.8) is 0 Å². The van der Waals surface area contributed by atoms with Crippen molar-refractivity contribution in [3.05, 3.63) is 41.8 Å². The molecule has 1 aliphatic heterocycles. The molecule has 0 bridgehead atoms. The van der Waals surface area contributed by atoms with E-state index in [0.717, 1.165) is 6.42 Å². The maximum absolute atomic E-state index is 6.93. The van der Waals surface area contributed by atoms with Gasteiger partial charge >= 0.3 is 121 Å². The van der Waals surface area contributed by atoms with E-state index in [1.165, 1.54) is 4.35 Å². The van der Waals surface area contributed by atoms with Gasteiger partial charge in [-0.15, -0.1) is 0 Å². The Labute approximate surface area is 121 Å². The van der Waals surface area contributed by atoms with Gasteiger partial charge in [0.1, 0.15) is 0 Å². The van der Waals surface area contributed by atoms with Gasteiger partial charge in [-0.05, 0) is 0 Å². The van der Waals surface area contributed by atoms with E-state index >= 15 is 0 Å². The van der Waals surface area contributed by atoms with Crippen LogP contribution in [0.5, 0.6) is 0 Å². The number of hydrogen-bond acceptors (Lipinski definition) is 1. The van der Waals surface area contributed by atoms with Crippen molar-refractivity contribution in [2.24, 2.45) is 0 Å². The molecule has 2 rings (SSSR count). The van der Waals surface area contributed by atoms with Gasteiger partial charge in [-0.2, -0.15) is 0 Å². The third kappa shape index (κ3) is 2.82. The molecular formula is C15H17AsClS. The molecule has 0 fully saturated rings. The minimum atomic E-state index is -2.78. The van der Waals surface area contributed by atoms with Gasteiger partial charge in [-0.3, -0.25) is 0 Å². The number of thioether (sulfide) groups is 1. The minimum absolute atomic E-state index is 0.229. The Morgan fingerprint density at radius 1 is 1.39 bits per heavy atom. The van der Waals surface area contributed by atoms with Crippen molar-refractivity contribution in [1.29, 1.82) is 0 Å². The van der Waals surface area contributed by atoms with Crippen LogP contribution in [0.2, 0.25) is 4.71 Å². The Kier molecular flexibility index (Phi) is 4.22. The summed E-state index contributed by atoms with van der Waals surface area (Å²) in [5.41, 5.74) is 0. The molecule has 3 heteroatoms. The van der Waals surface area contributed by atoms with Gasteiger partial charge in [-0.1, -0.05) is 0 Å². The number of halogens is 1. The predicted molar refractivity (Wildman–Crippen MR) is 85.7 cm³/mol. The van der Waals surface area contributed by atoms with Crippen LogP contribution >= 0.6 is 21.7 Å². The summed E-state index contributed by atoms with van der Waals surface area (Å²) in [6.45, 7) is 4.51. The van der Waals surface area contributed by atoms with E-state index in [0.29, 0.717) is 4.71 Å². The molecule has 95 valence electrons. The van der Waals surface area contributed by atoms with Crippen molar-refractivity contribution in [2.75, 3.05) is 0 Å². The molecular weight excluding hydrogens is 323 g/mol. The zero-order chi connectivity index (χ0) is 13.2. The standard InChI is InChI=1S/C15H17AsClS/c1-4-16(17,13-8-6-5-7-9-13)14-10-11-18-15(2,3)12-14/h1,5-11,14H,12H2,2-3H3. The third-order valence-corrected chi connectivity index (χ3v) is 12.7. The number of terminal acetylenes is 1. The number of benzene rings is 1. The topological polar surface area (TPSA) is 0 Å². The van der Waals surface area contributed by atoms with Crippen LogP contribution in [0.3, 0.4) is 0 Å². The van der Waals surface area contributed by atoms with E-state index < -0.39 is 12.6 Å². The Morgan fingerprint density at radius 2 is 2.06 bits per heavy atom. The van der Waals surface area contributed by atoms with Crippen molar-refractivity contribution in [1.82, 2.24) is 0 Å². The fraction of sp³-hybridized carbons (Fsp3) is 0.333. The Balaban J connectivity index is 2.38. The first-order valence-corrected chi connectivity index (χ1v) is 12.2. The molecule has 0 nitrogen and oxygen atoms in total.